The lowest BCUT2D eigenvalue weighted by Crippen LogP contribution is -2.51. The number of hydrogen-bond acceptors (Lipinski definition) is 5. The average Bonchev–Trinajstić information content (AvgIpc) is 3.77. The minimum atomic E-state index is -0.623. The molecule has 1 fully saturated rings. The molecular weight excluding hydrogens is 488 g/mol. The highest BCUT2D eigenvalue weighted by Crippen LogP contribution is 2.47. The molecule has 1 aliphatic carbocycles. The summed E-state index contributed by atoms with van der Waals surface area (Å²) in [4.78, 5) is 33.5. The minimum Gasteiger partial charge on any atom is -0.493 e. The Balaban J connectivity index is 1.23. The van der Waals surface area contributed by atoms with Crippen LogP contribution in [-0.4, -0.2) is 29.3 Å². The van der Waals surface area contributed by atoms with E-state index in [0.717, 1.165) is 28.9 Å². The van der Waals surface area contributed by atoms with E-state index in [1.807, 2.05) is 79.7 Å². The molecule has 2 heterocycles. The van der Waals surface area contributed by atoms with Crippen molar-refractivity contribution in [2.75, 3.05) is 6.61 Å². The average molecular weight is 523 g/mol. The van der Waals surface area contributed by atoms with Crippen LogP contribution in [0.5, 0.6) is 5.75 Å². The van der Waals surface area contributed by atoms with E-state index in [9.17, 15) is 9.59 Å². The number of fused-ring (bicyclic) bond motifs is 1. The summed E-state index contributed by atoms with van der Waals surface area (Å²) in [5, 5.41) is 3.16. The van der Waals surface area contributed by atoms with E-state index in [0.29, 0.717) is 24.5 Å². The van der Waals surface area contributed by atoms with E-state index < -0.39 is 5.54 Å². The van der Waals surface area contributed by atoms with Gasteiger partial charge in [0.2, 0.25) is 5.91 Å². The highest BCUT2D eigenvalue weighted by Gasteiger charge is 2.45. The van der Waals surface area contributed by atoms with E-state index in [1.165, 1.54) is 12.8 Å². The molecule has 0 saturated heterocycles. The third-order valence-corrected chi connectivity index (χ3v) is 8.20. The molecule has 39 heavy (non-hydrogen) atoms. The van der Waals surface area contributed by atoms with Crippen LogP contribution in [0.25, 0.3) is 0 Å². The second-order valence-electron chi connectivity index (χ2n) is 11.0. The molecule has 3 aromatic carbocycles. The number of benzene rings is 3. The Kier molecular flexibility index (Phi) is 6.59. The largest absolute Gasteiger partial charge is 0.493 e. The van der Waals surface area contributed by atoms with Gasteiger partial charge < -0.3 is 15.8 Å². The fourth-order valence-corrected chi connectivity index (χ4v) is 5.96. The Morgan fingerprint density at radius 1 is 1.08 bits per heavy atom. The topological polar surface area (TPSA) is 97.0 Å². The predicted octanol–water partition coefficient (Wildman–Crippen LogP) is 5.24. The summed E-state index contributed by atoms with van der Waals surface area (Å²) in [6.45, 7) is 2.49. The maximum Gasteiger partial charge on any atom is 0.251 e. The molecule has 0 aromatic heterocycles. The second-order valence-corrected chi connectivity index (χ2v) is 11.0. The summed E-state index contributed by atoms with van der Waals surface area (Å²) in [6.07, 6.45) is 4.16. The van der Waals surface area contributed by atoms with Gasteiger partial charge in [-0.15, -0.1) is 0 Å². The van der Waals surface area contributed by atoms with Crippen LogP contribution >= 0.6 is 0 Å². The lowest BCUT2D eigenvalue weighted by molar-refractivity contribution is -0.131. The number of carbonyl (C=O) groups excluding carboxylic acids is 2. The van der Waals surface area contributed by atoms with Gasteiger partial charge in [-0.1, -0.05) is 73.5 Å². The molecule has 7 nitrogen and oxygen atoms in total. The predicted molar refractivity (Wildman–Crippen MR) is 150 cm³/mol. The van der Waals surface area contributed by atoms with Crippen molar-refractivity contribution in [3.8, 4) is 5.75 Å². The zero-order valence-electron chi connectivity index (χ0n) is 22.2. The smallest absolute Gasteiger partial charge is 0.251 e. The standard InChI is InChI=1S/C32H34N4O3/c1-21(36-29(37)20-32(35-31(36)33,19-22-14-15-22)25-10-3-2-4-11-25)23-8-7-9-24(18-23)30(38)34-27-16-17-39-28-13-6-5-12-26(27)28/h2-13,18,21-22,27H,14-17,19-20H2,1H3,(H2,33,35)(H,34,38)/t21?,27-,32+/m0/s1. The van der Waals surface area contributed by atoms with Gasteiger partial charge in [0, 0.05) is 17.5 Å². The van der Waals surface area contributed by atoms with E-state index in [1.54, 1.807) is 11.0 Å². The lowest BCUT2D eigenvalue weighted by Gasteiger charge is -2.40. The molecule has 0 radical (unpaired) electrons. The van der Waals surface area contributed by atoms with Crippen molar-refractivity contribution in [1.82, 2.24) is 10.2 Å². The van der Waals surface area contributed by atoms with Crippen LogP contribution in [0.4, 0.5) is 0 Å². The molecular formula is C32H34N4O3. The van der Waals surface area contributed by atoms with E-state index >= 15 is 0 Å². The van der Waals surface area contributed by atoms with E-state index in [-0.39, 0.29) is 36.3 Å². The maximum atomic E-state index is 13.7. The van der Waals surface area contributed by atoms with Crippen LogP contribution in [0.3, 0.4) is 0 Å². The lowest BCUT2D eigenvalue weighted by atomic mass is 9.80. The number of aliphatic imine (C=N–C) groups is 1. The molecule has 3 N–H and O–H groups in total. The molecule has 6 rings (SSSR count). The Morgan fingerprint density at radius 2 is 1.85 bits per heavy atom. The first-order valence-electron chi connectivity index (χ1n) is 13.8. The number of nitrogens with zero attached hydrogens (tertiary/aromatic N) is 2. The van der Waals surface area contributed by atoms with Gasteiger partial charge in [-0.25, -0.2) is 4.99 Å². The van der Waals surface area contributed by atoms with Crippen molar-refractivity contribution >= 4 is 17.8 Å². The zero-order chi connectivity index (χ0) is 27.0. The van der Waals surface area contributed by atoms with Crippen molar-refractivity contribution in [2.45, 2.75) is 56.7 Å². The summed E-state index contributed by atoms with van der Waals surface area (Å²) >= 11 is 0. The summed E-state index contributed by atoms with van der Waals surface area (Å²) in [5.74, 6) is 1.41. The van der Waals surface area contributed by atoms with Gasteiger partial charge in [0.05, 0.1) is 30.7 Å². The van der Waals surface area contributed by atoms with Gasteiger partial charge in [-0.05, 0) is 48.6 Å². The van der Waals surface area contributed by atoms with Crippen LogP contribution in [0, 0.1) is 5.92 Å². The first kappa shape index (κ1) is 25.2. The van der Waals surface area contributed by atoms with Gasteiger partial charge in [-0.2, -0.15) is 0 Å². The van der Waals surface area contributed by atoms with Crippen molar-refractivity contribution < 1.29 is 14.3 Å². The van der Waals surface area contributed by atoms with Crippen molar-refractivity contribution in [3.05, 3.63) is 101 Å². The number of nitrogens with one attached hydrogen (secondary N) is 1. The zero-order valence-corrected chi connectivity index (χ0v) is 22.2. The van der Waals surface area contributed by atoms with Crippen molar-refractivity contribution in [2.24, 2.45) is 16.6 Å². The monoisotopic (exact) mass is 522 g/mol. The molecule has 7 heteroatoms. The molecule has 0 bridgehead atoms. The molecule has 3 aromatic rings. The molecule has 3 aliphatic rings. The minimum absolute atomic E-state index is 0.0480. The van der Waals surface area contributed by atoms with Crippen LogP contribution in [0.2, 0.25) is 0 Å². The van der Waals surface area contributed by atoms with Crippen molar-refractivity contribution in [3.63, 3.8) is 0 Å². The van der Waals surface area contributed by atoms with E-state index in [4.69, 9.17) is 15.5 Å². The Hall–Kier alpha value is -4.13. The van der Waals surface area contributed by atoms with Gasteiger partial charge in [0.25, 0.3) is 5.91 Å². The third-order valence-electron chi connectivity index (χ3n) is 8.20. The van der Waals surface area contributed by atoms with Crippen LogP contribution < -0.4 is 15.8 Å². The molecule has 1 unspecified atom stereocenters. The highest BCUT2D eigenvalue weighted by atomic mass is 16.5. The maximum absolute atomic E-state index is 13.7. The Bertz CT molecular complexity index is 1420. The molecule has 0 spiro atoms. The summed E-state index contributed by atoms with van der Waals surface area (Å²) in [7, 11) is 0. The number of nitrogens with two attached hydrogens (primary N) is 1. The SMILES string of the molecule is CC(c1cccc(C(=O)N[C@H]2CCOc3ccccc32)c1)N1C(=O)C[C@](CC2CC2)(c2ccccc2)N=C1N. The molecule has 1 saturated carbocycles. The second kappa shape index (κ2) is 10.2. The summed E-state index contributed by atoms with van der Waals surface area (Å²) in [6, 6.07) is 24.8. The number of carbonyl (C=O) groups is 2. The number of guanidine groups is 1. The molecule has 2 amide bonds. The van der Waals surface area contributed by atoms with Gasteiger partial charge in [-0.3, -0.25) is 14.5 Å². The first-order valence-corrected chi connectivity index (χ1v) is 13.8. The highest BCUT2D eigenvalue weighted by molar-refractivity contribution is 6.00. The normalized spacial score (nSPS) is 23.3. The van der Waals surface area contributed by atoms with Crippen LogP contribution in [0.1, 0.15) is 78.2 Å². The Labute approximate surface area is 229 Å². The van der Waals surface area contributed by atoms with Gasteiger partial charge >= 0.3 is 0 Å². The quantitative estimate of drug-likeness (QED) is 0.443. The molecule has 2 aliphatic heterocycles. The third kappa shape index (κ3) is 5.01. The van der Waals surface area contributed by atoms with Crippen LogP contribution in [-0.2, 0) is 10.3 Å². The number of rotatable bonds is 7. The van der Waals surface area contributed by atoms with Gasteiger partial charge in [0.1, 0.15) is 5.75 Å². The summed E-state index contributed by atoms with van der Waals surface area (Å²) in [5.41, 5.74) is 9.31. The fourth-order valence-electron chi connectivity index (χ4n) is 5.96. The number of ether oxygens (including phenoxy) is 1. The number of amides is 2. The van der Waals surface area contributed by atoms with Gasteiger partial charge in [0.15, 0.2) is 5.96 Å². The molecule has 200 valence electrons. The Morgan fingerprint density at radius 3 is 2.62 bits per heavy atom. The van der Waals surface area contributed by atoms with E-state index in [2.05, 4.69) is 5.32 Å². The van der Waals surface area contributed by atoms with Crippen molar-refractivity contribution in [1.29, 1.82) is 0 Å². The number of hydrogen-bond donors (Lipinski definition) is 2. The molecule has 3 atom stereocenters. The number of para-hydroxylation sites is 1. The van der Waals surface area contributed by atoms with Crippen LogP contribution in [0.15, 0.2) is 83.9 Å². The fraction of sp³-hybridized carbons (Fsp3) is 0.344. The summed E-state index contributed by atoms with van der Waals surface area (Å²) < 4.78 is 5.73. The first-order chi connectivity index (χ1) is 18.9.